The zero-order chi connectivity index (χ0) is 25.6. The second-order valence-corrected chi connectivity index (χ2v) is 8.72. The van der Waals surface area contributed by atoms with E-state index < -0.39 is 42.8 Å². The van der Waals surface area contributed by atoms with Gasteiger partial charge in [-0.2, -0.15) is 4.39 Å². The zero-order valence-corrected chi connectivity index (χ0v) is 19.1. The van der Waals surface area contributed by atoms with E-state index in [0.717, 1.165) is 4.90 Å². The number of anilines is 3. The molecule has 5 rings (SSSR count). The number of nitrogens with zero attached hydrogens (tertiary/aromatic N) is 4. The minimum atomic E-state index is -2.64. The van der Waals surface area contributed by atoms with E-state index in [1.165, 1.54) is 36.5 Å². The zero-order valence-electron chi connectivity index (χ0n) is 19.1. The monoisotopic (exact) mass is 499 g/mol. The number of nitrogens with one attached hydrogen (secondary N) is 1. The minimum absolute atomic E-state index is 0.0194. The van der Waals surface area contributed by atoms with Gasteiger partial charge in [0.25, 0.3) is 6.43 Å². The topological polar surface area (TPSA) is 78.4 Å². The molecule has 1 saturated heterocycles. The molecule has 2 aromatic heterocycles. The van der Waals surface area contributed by atoms with Crippen molar-refractivity contribution in [2.45, 2.75) is 25.4 Å². The molecule has 11 heteroatoms. The predicted octanol–water partition coefficient (Wildman–Crippen LogP) is 4.47. The van der Waals surface area contributed by atoms with Crippen molar-refractivity contribution in [2.24, 2.45) is 0 Å². The van der Waals surface area contributed by atoms with E-state index in [0.29, 0.717) is 11.3 Å². The Morgan fingerprint density at radius 1 is 1.19 bits per heavy atom. The van der Waals surface area contributed by atoms with Gasteiger partial charge in [-0.05, 0) is 25.1 Å². The van der Waals surface area contributed by atoms with Crippen LogP contribution >= 0.6 is 0 Å². The van der Waals surface area contributed by atoms with Crippen LogP contribution in [0.15, 0.2) is 48.7 Å². The van der Waals surface area contributed by atoms with Crippen LogP contribution in [0.1, 0.15) is 30.5 Å². The molecule has 0 bridgehead atoms. The molecule has 0 saturated carbocycles. The third-order valence-electron chi connectivity index (χ3n) is 6.30. The second kappa shape index (κ2) is 9.21. The van der Waals surface area contributed by atoms with Gasteiger partial charge in [0, 0.05) is 29.1 Å². The Kier molecular flexibility index (Phi) is 6.07. The summed E-state index contributed by atoms with van der Waals surface area (Å²) in [5.74, 6) is -2.61. The van der Waals surface area contributed by atoms with Crippen LogP contribution in [0.4, 0.5) is 34.8 Å². The number of alkyl halides is 3. The number of hydrogen-bond donors (Lipinski definition) is 1. The van der Waals surface area contributed by atoms with Crippen LogP contribution in [-0.4, -0.2) is 47.6 Å². The molecule has 0 radical (unpaired) electrons. The number of rotatable bonds is 5. The molecule has 1 fully saturated rings. The smallest absolute Gasteiger partial charge is 0.263 e. The Morgan fingerprint density at radius 2 is 1.92 bits per heavy atom. The van der Waals surface area contributed by atoms with E-state index in [1.807, 2.05) is 0 Å². The summed E-state index contributed by atoms with van der Waals surface area (Å²) in [6, 6.07) is 9.76. The summed E-state index contributed by atoms with van der Waals surface area (Å²) < 4.78 is 54.6. The molecule has 36 heavy (non-hydrogen) atoms. The van der Waals surface area contributed by atoms with Crippen LogP contribution in [0.25, 0.3) is 11.1 Å². The van der Waals surface area contributed by atoms with Crippen LogP contribution < -0.4 is 15.1 Å². The van der Waals surface area contributed by atoms with Crippen molar-refractivity contribution in [3.05, 3.63) is 65.9 Å². The highest BCUT2D eigenvalue weighted by Gasteiger charge is 2.37. The summed E-state index contributed by atoms with van der Waals surface area (Å²) in [6.45, 7) is 1.23. The fourth-order valence-electron chi connectivity index (χ4n) is 4.39. The first-order chi connectivity index (χ1) is 17.2. The molecule has 3 aromatic rings. The lowest BCUT2D eigenvalue weighted by Crippen LogP contribution is -2.49. The Hall–Kier alpha value is -4.02. The molecule has 0 unspecified atom stereocenters. The molecule has 2 aliphatic heterocycles. The Labute approximate surface area is 203 Å². The molecule has 0 spiro atoms. The van der Waals surface area contributed by atoms with Gasteiger partial charge in [-0.1, -0.05) is 18.2 Å². The summed E-state index contributed by atoms with van der Waals surface area (Å²) in [5, 5.41) is 2.58. The van der Waals surface area contributed by atoms with Crippen molar-refractivity contribution in [2.75, 3.05) is 34.8 Å². The molecule has 4 heterocycles. The van der Waals surface area contributed by atoms with Crippen molar-refractivity contribution in [3.63, 3.8) is 0 Å². The molecule has 7 nitrogen and oxygen atoms in total. The third-order valence-corrected chi connectivity index (χ3v) is 6.30. The quantitative estimate of drug-likeness (QED) is 0.414. The molecule has 1 aromatic carbocycles. The van der Waals surface area contributed by atoms with Crippen LogP contribution in [0.5, 0.6) is 0 Å². The maximum Gasteiger partial charge on any atom is 0.263 e. The summed E-state index contributed by atoms with van der Waals surface area (Å²) in [6.07, 6.45) is -2.21. The number of amides is 2. The number of hydrogen-bond acceptors (Lipinski definition) is 5. The third kappa shape index (κ3) is 4.25. The largest absolute Gasteiger partial charge is 0.350 e. The van der Waals surface area contributed by atoms with Crippen LogP contribution in [0.2, 0.25) is 0 Å². The standard InChI is InChI=1S/C25H21F4N5O2/c1-13-22-17(3-2-8-30-22)21-18(9-19(32-24(21)29)33-10-15(26)11-33)34(25(13)36)12-20(35)31-16-6-4-14(5-7-16)23(27)28/h2-9,13,15,23H,10-12H2,1H3,(H,31,35)/t13-/m0/s1. The molecular formula is C25H21F4N5O2. The molecule has 2 amide bonds. The van der Waals surface area contributed by atoms with Crippen LogP contribution in [0, 0.1) is 5.95 Å². The summed E-state index contributed by atoms with van der Waals surface area (Å²) in [7, 11) is 0. The SMILES string of the molecule is C[C@@H]1C(=O)N(CC(=O)Nc2ccc(C(F)F)cc2)c2cc(N3CC(F)C3)nc(F)c2-c2cccnc21. The van der Waals surface area contributed by atoms with E-state index in [1.54, 1.807) is 24.0 Å². The van der Waals surface area contributed by atoms with E-state index >= 15 is 4.39 Å². The highest BCUT2D eigenvalue weighted by Crippen LogP contribution is 2.43. The van der Waals surface area contributed by atoms with Crippen molar-refractivity contribution in [1.82, 2.24) is 9.97 Å². The van der Waals surface area contributed by atoms with Gasteiger partial charge < -0.3 is 15.1 Å². The number of halogens is 4. The fraction of sp³-hybridized carbons (Fsp3) is 0.280. The lowest BCUT2D eigenvalue weighted by Gasteiger charge is -2.36. The number of aromatic nitrogens is 2. The maximum absolute atomic E-state index is 15.5. The predicted molar refractivity (Wildman–Crippen MR) is 125 cm³/mol. The highest BCUT2D eigenvalue weighted by molar-refractivity contribution is 6.09. The average Bonchev–Trinajstić information content (AvgIpc) is 2.92. The Morgan fingerprint density at radius 3 is 2.58 bits per heavy atom. The minimum Gasteiger partial charge on any atom is -0.350 e. The number of fused-ring (bicyclic) bond motifs is 3. The van der Waals surface area contributed by atoms with E-state index in [-0.39, 0.29) is 41.4 Å². The van der Waals surface area contributed by atoms with Crippen molar-refractivity contribution < 1.29 is 27.2 Å². The maximum atomic E-state index is 15.5. The first-order valence-electron chi connectivity index (χ1n) is 11.3. The Bertz CT molecular complexity index is 1330. The summed E-state index contributed by atoms with van der Waals surface area (Å²) in [5.41, 5.74) is 0.928. The number of pyridine rings is 2. The van der Waals surface area contributed by atoms with E-state index in [2.05, 4.69) is 15.3 Å². The van der Waals surface area contributed by atoms with Crippen molar-refractivity contribution >= 4 is 29.0 Å². The van der Waals surface area contributed by atoms with Crippen LogP contribution in [-0.2, 0) is 9.59 Å². The number of carbonyl (C=O) groups is 2. The van der Waals surface area contributed by atoms with Gasteiger partial charge in [-0.3, -0.25) is 14.6 Å². The van der Waals surface area contributed by atoms with E-state index in [4.69, 9.17) is 0 Å². The molecule has 0 aliphatic carbocycles. The van der Waals surface area contributed by atoms with Gasteiger partial charge in [-0.25, -0.2) is 18.2 Å². The Balaban J connectivity index is 1.52. The van der Waals surface area contributed by atoms with Gasteiger partial charge in [0.1, 0.15) is 18.5 Å². The number of benzene rings is 1. The van der Waals surface area contributed by atoms with Gasteiger partial charge in [0.05, 0.1) is 36.0 Å². The van der Waals surface area contributed by atoms with Crippen molar-refractivity contribution in [1.29, 1.82) is 0 Å². The highest BCUT2D eigenvalue weighted by atomic mass is 19.3. The van der Waals surface area contributed by atoms with Crippen LogP contribution in [0.3, 0.4) is 0 Å². The van der Waals surface area contributed by atoms with Gasteiger partial charge in [0.2, 0.25) is 17.8 Å². The van der Waals surface area contributed by atoms with Crippen molar-refractivity contribution in [3.8, 4) is 11.1 Å². The van der Waals surface area contributed by atoms with E-state index in [9.17, 15) is 22.8 Å². The summed E-state index contributed by atoms with van der Waals surface area (Å²) >= 11 is 0. The second-order valence-electron chi connectivity index (χ2n) is 8.72. The summed E-state index contributed by atoms with van der Waals surface area (Å²) in [4.78, 5) is 37.4. The molecule has 1 atom stereocenters. The molecule has 186 valence electrons. The first kappa shape index (κ1) is 23.7. The normalized spacial score (nSPS) is 17.4. The van der Waals surface area contributed by atoms with Gasteiger partial charge >= 0.3 is 0 Å². The average molecular weight is 499 g/mol. The lowest BCUT2D eigenvalue weighted by atomic mass is 9.98. The fourth-order valence-corrected chi connectivity index (χ4v) is 4.39. The lowest BCUT2D eigenvalue weighted by molar-refractivity contribution is -0.122. The molecule has 2 aliphatic rings. The van der Waals surface area contributed by atoms with Gasteiger partial charge in [-0.15, -0.1) is 0 Å². The molecular weight excluding hydrogens is 478 g/mol. The first-order valence-corrected chi connectivity index (χ1v) is 11.3. The molecule has 1 N–H and O–H groups in total. The number of carbonyl (C=O) groups excluding carboxylic acids is 2. The van der Waals surface area contributed by atoms with Gasteiger partial charge in [0.15, 0.2) is 0 Å².